The zero-order valence-electron chi connectivity index (χ0n) is 16.8. The summed E-state index contributed by atoms with van der Waals surface area (Å²) in [6.07, 6.45) is 0.870. The van der Waals surface area contributed by atoms with Gasteiger partial charge in [-0.05, 0) is 38.1 Å². The number of aromatic nitrogens is 4. The average Bonchev–Trinajstić information content (AvgIpc) is 3.42. The summed E-state index contributed by atoms with van der Waals surface area (Å²) in [5.41, 5.74) is 2.78. The van der Waals surface area contributed by atoms with Gasteiger partial charge < -0.3 is 13.9 Å². The minimum atomic E-state index is -0.754. The molecule has 0 aliphatic rings. The Morgan fingerprint density at radius 3 is 2.50 bits per heavy atom. The van der Waals surface area contributed by atoms with Gasteiger partial charge in [0.05, 0.1) is 19.0 Å². The van der Waals surface area contributed by atoms with Crippen LogP contribution in [0.3, 0.4) is 0 Å². The molecule has 0 fully saturated rings. The zero-order valence-corrected chi connectivity index (χ0v) is 16.8. The smallest absolute Gasteiger partial charge is 0.363 e. The molecule has 0 aliphatic carbocycles. The van der Waals surface area contributed by atoms with Gasteiger partial charge in [0.25, 0.3) is 5.89 Å². The Kier molecular flexibility index (Phi) is 5.30. The molecule has 8 nitrogen and oxygen atoms in total. The molecule has 0 bridgehead atoms. The Hall–Kier alpha value is -3.94. The lowest BCUT2D eigenvalue weighted by molar-refractivity contribution is 0.0269. The van der Waals surface area contributed by atoms with Crippen LogP contribution < -0.4 is 4.74 Å². The molecule has 2 aromatic heterocycles. The Bertz CT molecular complexity index is 1150. The second-order valence-corrected chi connectivity index (χ2v) is 6.69. The fourth-order valence-electron chi connectivity index (χ4n) is 2.84. The fourth-order valence-corrected chi connectivity index (χ4v) is 2.84. The molecule has 0 amide bonds. The number of hydrogen-bond acceptors (Lipinski definition) is 7. The van der Waals surface area contributed by atoms with Crippen LogP contribution in [0.4, 0.5) is 0 Å². The molecular formula is C22H20N4O4. The first kappa shape index (κ1) is 19.4. The van der Waals surface area contributed by atoms with Crippen molar-refractivity contribution in [2.24, 2.45) is 0 Å². The van der Waals surface area contributed by atoms with Crippen molar-refractivity contribution in [2.75, 3.05) is 7.11 Å². The molecule has 8 heteroatoms. The maximum absolute atomic E-state index is 12.7. The van der Waals surface area contributed by atoms with Crippen LogP contribution in [0, 0.1) is 6.92 Å². The number of benzene rings is 2. The van der Waals surface area contributed by atoms with Gasteiger partial charge in [-0.15, -0.1) is 10.2 Å². The zero-order chi connectivity index (χ0) is 21.1. The number of ether oxygens (including phenoxy) is 2. The third-order valence-electron chi connectivity index (χ3n) is 4.49. The van der Waals surface area contributed by atoms with Gasteiger partial charge in [-0.3, -0.25) is 0 Å². The quantitative estimate of drug-likeness (QED) is 0.446. The van der Waals surface area contributed by atoms with E-state index in [9.17, 15) is 4.79 Å². The second kappa shape index (κ2) is 8.20. The first-order valence-electron chi connectivity index (χ1n) is 9.35. The molecule has 0 unspecified atom stereocenters. The molecule has 4 rings (SSSR count). The summed E-state index contributed by atoms with van der Waals surface area (Å²) in [7, 11) is 1.47. The van der Waals surface area contributed by atoms with Crippen molar-refractivity contribution >= 4 is 5.97 Å². The normalized spacial score (nSPS) is 11.8. The molecule has 2 heterocycles. The number of aryl methyl sites for hydroxylation is 1. The highest BCUT2D eigenvalue weighted by atomic mass is 16.6. The topological polar surface area (TPSA) is 92.3 Å². The van der Waals surface area contributed by atoms with E-state index >= 15 is 0 Å². The highest BCUT2D eigenvalue weighted by Crippen LogP contribution is 2.25. The third kappa shape index (κ3) is 3.93. The lowest BCUT2D eigenvalue weighted by Crippen LogP contribution is -2.11. The maximum Gasteiger partial charge on any atom is 0.363 e. The van der Waals surface area contributed by atoms with Crippen molar-refractivity contribution in [2.45, 2.75) is 20.0 Å². The molecule has 4 aromatic rings. The van der Waals surface area contributed by atoms with E-state index < -0.39 is 12.1 Å². The lowest BCUT2D eigenvalue weighted by atomic mass is 10.1. The van der Waals surface area contributed by atoms with E-state index in [1.54, 1.807) is 17.8 Å². The first-order valence-corrected chi connectivity index (χ1v) is 9.35. The highest BCUT2D eigenvalue weighted by molar-refractivity contribution is 5.90. The number of carbonyl (C=O) groups excluding carboxylic acids is 1. The van der Waals surface area contributed by atoms with Crippen molar-refractivity contribution in [1.82, 2.24) is 20.0 Å². The van der Waals surface area contributed by atoms with Gasteiger partial charge in [0, 0.05) is 5.56 Å². The Morgan fingerprint density at radius 1 is 1.07 bits per heavy atom. The van der Waals surface area contributed by atoms with Gasteiger partial charge >= 0.3 is 5.97 Å². The molecular weight excluding hydrogens is 384 g/mol. The number of hydrogen-bond donors (Lipinski definition) is 0. The van der Waals surface area contributed by atoms with E-state index in [1.807, 2.05) is 61.5 Å². The first-order chi connectivity index (χ1) is 14.5. The van der Waals surface area contributed by atoms with E-state index in [0.29, 0.717) is 11.6 Å². The predicted molar refractivity (Wildman–Crippen MR) is 108 cm³/mol. The van der Waals surface area contributed by atoms with E-state index in [4.69, 9.17) is 13.9 Å². The van der Waals surface area contributed by atoms with Crippen molar-refractivity contribution in [3.63, 3.8) is 0 Å². The number of para-hydroxylation sites is 1. The van der Waals surface area contributed by atoms with Crippen LogP contribution in [0.1, 0.15) is 35.0 Å². The summed E-state index contributed by atoms with van der Waals surface area (Å²) >= 11 is 0. The van der Waals surface area contributed by atoms with Gasteiger partial charge in [-0.1, -0.05) is 35.9 Å². The van der Waals surface area contributed by atoms with Gasteiger partial charge in [0.2, 0.25) is 11.6 Å². The van der Waals surface area contributed by atoms with Crippen LogP contribution in [0.15, 0.2) is 65.2 Å². The van der Waals surface area contributed by atoms with Gasteiger partial charge in [0.15, 0.2) is 11.9 Å². The van der Waals surface area contributed by atoms with E-state index in [1.165, 1.54) is 7.11 Å². The van der Waals surface area contributed by atoms with E-state index in [0.717, 1.165) is 16.8 Å². The summed E-state index contributed by atoms with van der Waals surface area (Å²) in [6, 6.07) is 17.1. The van der Waals surface area contributed by atoms with Gasteiger partial charge in [0.1, 0.15) is 0 Å². The van der Waals surface area contributed by atoms with Crippen LogP contribution in [0.25, 0.3) is 17.1 Å². The molecule has 0 radical (unpaired) electrons. The Balaban J connectivity index is 1.51. The highest BCUT2D eigenvalue weighted by Gasteiger charge is 2.25. The van der Waals surface area contributed by atoms with Gasteiger partial charge in [-0.25, -0.2) is 9.48 Å². The molecule has 0 spiro atoms. The lowest BCUT2D eigenvalue weighted by Gasteiger charge is -2.08. The second-order valence-electron chi connectivity index (χ2n) is 6.69. The van der Waals surface area contributed by atoms with Crippen molar-refractivity contribution < 1.29 is 18.7 Å². The molecule has 0 saturated carbocycles. The van der Waals surface area contributed by atoms with Crippen LogP contribution in [-0.4, -0.2) is 33.1 Å². The van der Waals surface area contributed by atoms with Crippen LogP contribution >= 0.6 is 0 Å². The van der Waals surface area contributed by atoms with Crippen molar-refractivity contribution in [3.8, 4) is 22.9 Å². The summed E-state index contributed by atoms with van der Waals surface area (Å²) in [5, 5.41) is 12.4. The Morgan fingerprint density at radius 2 is 1.80 bits per heavy atom. The molecule has 0 saturated heterocycles. The Labute approximate surface area is 173 Å². The van der Waals surface area contributed by atoms with Gasteiger partial charge in [-0.2, -0.15) is 5.10 Å². The number of rotatable bonds is 6. The monoisotopic (exact) mass is 404 g/mol. The minimum Gasteiger partial charge on any atom is -0.493 e. The summed E-state index contributed by atoms with van der Waals surface area (Å²) in [5.74, 6) is 0.213. The molecule has 152 valence electrons. The van der Waals surface area contributed by atoms with Crippen molar-refractivity contribution in [3.05, 3.63) is 77.9 Å². The fraction of sp³-hybridized carbons (Fsp3) is 0.182. The van der Waals surface area contributed by atoms with E-state index in [2.05, 4.69) is 15.3 Å². The van der Waals surface area contributed by atoms with Crippen LogP contribution in [0.2, 0.25) is 0 Å². The number of nitrogens with zero attached hydrogens (tertiary/aromatic N) is 4. The maximum atomic E-state index is 12.7. The number of methoxy groups -OCH3 is 1. The molecule has 0 aliphatic heterocycles. The van der Waals surface area contributed by atoms with Crippen LogP contribution in [0.5, 0.6) is 5.75 Å². The molecule has 30 heavy (non-hydrogen) atoms. The molecule has 0 N–H and O–H groups in total. The summed E-state index contributed by atoms with van der Waals surface area (Å²) in [4.78, 5) is 12.7. The molecule has 1 atom stereocenters. The molecule has 2 aromatic carbocycles. The summed E-state index contributed by atoms with van der Waals surface area (Å²) < 4.78 is 18.0. The standard InChI is InChI=1S/C22H20N4O4/c1-14-9-11-16(12-10-14)21-24-23-20(30-21)15(2)29-22(27)19-18(28-3)13-26(25-19)17-7-5-4-6-8-17/h4-13,15H,1-3H3/t15-/m0/s1. The van der Waals surface area contributed by atoms with E-state index in [-0.39, 0.29) is 11.6 Å². The number of carbonyl (C=O) groups is 1. The summed E-state index contributed by atoms with van der Waals surface area (Å²) in [6.45, 7) is 3.66. The minimum absolute atomic E-state index is 0.0616. The largest absolute Gasteiger partial charge is 0.493 e. The average molecular weight is 404 g/mol. The van der Waals surface area contributed by atoms with Crippen LogP contribution in [-0.2, 0) is 4.74 Å². The number of esters is 1. The van der Waals surface area contributed by atoms with Crippen molar-refractivity contribution in [1.29, 1.82) is 0 Å². The SMILES string of the molecule is COc1cn(-c2ccccc2)nc1C(=O)O[C@@H](C)c1nnc(-c2ccc(C)cc2)o1. The third-order valence-corrected chi connectivity index (χ3v) is 4.49. The predicted octanol–water partition coefficient (Wildman–Crippen LogP) is 4.16.